The Morgan fingerprint density at radius 2 is 1.89 bits per heavy atom. The standard InChI is InChI=1S/C26H21ClN4O5/c1-16-6-7-17(2)23(10-16)30-25(32)15-36-24-9-8-18(12-22(24)27)11-19(14-28)26(33)29-20-4-3-5-21(13-20)31(34)35/h3-13H,15H2,1-2H3,(H,29,33)(H,30,32)/b19-11-. The van der Waals surface area contributed by atoms with Gasteiger partial charge < -0.3 is 15.4 Å². The van der Waals surface area contributed by atoms with Gasteiger partial charge in [0.15, 0.2) is 6.61 Å². The second-order valence-corrected chi connectivity index (χ2v) is 8.18. The molecule has 0 atom stereocenters. The molecule has 0 saturated heterocycles. The molecule has 0 spiro atoms. The van der Waals surface area contributed by atoms with E-state index in [2.05, 4.69) is 10.6 Å². The molecule has 3 aromatic rings. The smallest absolute Gasteiger partial charge is 0.271 e. The molecule has 182 valence electrons. The Morgan fingerprint density at radius 1 is 1.11 bits per heavy atom. The predicted octanol–water partition coefficient (Wildman–Crippen LogP) is 5.43. The summed E-state index contributed by atoms with van der Waals surface area (Å²) in [6.07, 6.45) is 1.32. The monoisotopic (exact) mass is 504 g/mol. The predicted molar refractivity (Wildman–Crippen MR) is 137 cm³/mol. The molecule has 3 aromatic carbocycles. The molecule has 3 rings (SSSR count). The minimum absolute atomic E-state index is 0.177. The molecule has 0 aromatic heterocycles. The van der Waals surface area contributed by atoms with E-state index in [1.54, 1.807) is 12.1 Å². The minimum atomic E-state index is -0.738. The number of hydrogen-bond donors (Lipinski definition) is 2. The third-order valence-electron chi connectivity index (χ3n) is 4.97. The van der Waals surface area contributed by atoms with Crippen molar-refractivity contribution in [3.63, 3.8) is 0 Å². The summed E-state index contributed by atoms with van der Waals surface area (Å²) in [7, 11) is 0. The molecule has 0 aliphatic carbocycles. The number of carbonyl (C=O) groups is 2. The van der Waals surface area contributed by atoms with Gasteiger partial charge in [0.2, 0.25) is 0 Å². The van der Waals surface area contributed by atoms with Crippen LogP contribution in [0.2, 0.25) is 5.02 Å². The van der Waals surface area contributed by atoms with Gasteiger partial charge in [0.1, 0.15) is 17.4 Å². The largest absolute Gasteiger partial charge is 0.482 e. The van der Waals surface area contributed by atoms with Crippen molar-refractivity contribution in [2.24, 2.45) is 0 Å². The number of non-ortho nitro benzene ring substituents is 1. The molecule has 0 aliphatic rings. The first kappa shape index (κ1) is 25.9. The summed E-state index contributed by atoms with van der Waals surface area (Å²) in [6.45, 7) is 3.55. The molecule has 2 N–H and O–H groups in total. The summed E-state index contributed by atoms with van der Waals surface area (Å²) >= 11 is 6.27. The number of carbonyl (C=O) groups excluding carboxylic acids is 2. The third kappa shape index (κ3) is 6.91. The summed E-state index contributed by atoms with van der Waals surface area (Å²) in [6, 6.07) is 17.5. The summed E-state index contributed by atoms with van der Waals surface area (Å²) in [5.41, 5.74) is 2.82. The van der Waals surface area contributed by atoms with Crippen LogP contribution in [0.15, 0.2) is 66.2 Å². The molecular formula is C26H21ClN4O5. The van der Waals surface area contributed by atoms with Crippen LogP contribution in [0.3, 0.4) is 0 Å². The Balaban J connectivity index is 1.65. The van der Waals surface area contributed by atoms with E-state index >= 15 is 0 Å². The van der Waals surface area contributed by atoms with Gasteiger partial charge in [-0.3, -0.25) is 19.7 Å². The number of nitriles is 1. The second-order valence-electron chi connectivity index (χ2n) is 7.78. The number of ether oxygens (including phenoxy) is 1. The summed E-state index contributed by atoms with van der Waals surface area (Å²) in [5.74, 6) is -0.838. The van der Waals surface area contributed by atoms with Crippen LogP contribution in [0.5, 0.6) is 5.75 Å². The molecule has 36 heavy (non-hydrogen) atoms. The zero-order chi connectivity index (χ0) is 26.2. The number of nitro groups is 1. The van der Waals surface area contributed by atoms with Gasteiger partial charge in [0.05, 0.1) is 9.95 Å². The number of amides is 2. The fraction of sp³-hybridized carbons (Fsp3) is 0.115. The Hall–Kier alpha value is -4.68. The zero-order valence-electron chi connectivity index (χ0n) is 19.4. The van der Waals surface area contributed by atoms with Crippen molar-refractivity contribution in [3.05, 3.63) is 98.1 Å². The van der Waals surface area contributed by atoms with Crippen molar-refractivity contribution in [2.45, 2.75) is 13.8 Å². The number of nitrogens with one attached hydrogen (secondary N) is 2. The number of rotatable bonds is 8. The van der Waals surface area contributed by atoms with Crippen LogP contribution in [0.25, 0.3) is 6.08 Å². The first-order valence-electron chi connectivity index (χ1n) is 10.6. The maximum atomic E-state index is 12.5. The number of aryl methyl sites for hydroxylation is 2. The lowest BCUT2D eigenvalue weighted by Crippen LogP contribution is -2.20. The van der Waals surface area contributed by atoms with E-state index in [1.807, 2.05) is 32.0 Å². The summed E-state index contributed by atoms with van der Waals surface area (Å²) < 4.78 is 5.52. The fourth-order valence-corrected chi connectivity index (χ4v) is 3.38. The number of anilines is 2. The Labute approximate surface area is 212 Å². The molecule has 10 heteroatoms. The Bertz CT molecular complexity index is 1410. The van der Waals surface area contributed by atoms with Gasteiger partial charge in [-0.1, -0.05) is 35.9 Å². The van der Waals surface area contributed by atoms with Crippen LogP contribution >= 0.6 is 11.6 Å². The molecule has 0 bridgehead atoms. The highest BCUT2D eigenvalue weighted by molar-refractivity contribution is 6.32. The van der Waals surface area contributed by atoms with Gasteiger partial charge in [-0.2, -0.15) is 5.26 Å². The molecule has 0 heterocycles. The van der Waals surface area contributed by atoms with E-state index < -0.39 is 10.8 Å². The number of halogens is 1. The maximum Gasteiger partial charge on any atom is 0.271 e. The second kappa shape index (κ2) is 11.6. The zero-order valence-corrected chi connectivity index (χ0v) is 20.1. The van der Waals surface area contributed by atoms with Gasteiger partial charge >= 0.3 is 0 Å². The Morgan fingerprint density at radius 3 is 2.58 bits per heavy atom. The van der Waals surface area contributed by atoms with Gasteiger partial charge in [-0.25, -0.2) is 0 Å². The molecule has 9 nitrogen and oxygen atoms in total. The number of hydrogen-bond acceptors (Lipinski definition) is 6. The first-order valence-corrected chi connectivity index (χ1v) is 11.0. The minimum Gasteiger partial charge on any atom is -0.482 e. The maximum absolute atomic E-state index is 12.5. The molecule has 0 unspecified atom stereocenters. The van der Waals surface area contributed by atoms with Gasteiger partial charge in [-0.05, 0) is 60.9 Å². The van der Waals surface area contributed by atoms with E-state index in [9.17, 15) is 25.0 Å². The molecule has 0 radical (unpaired) electrons. The highest BCUT2D eigenvalue weighted by atomic mass is 35.5. The van der Waals surface area contributed by atoms with Gasteiger partial charge in [0.25, 0.3) is 17.5 Å². The topological polar surface area (TPSA) is 134 Å². The quantitative estimate of drug-likeness (QED) is 0.182. The first-order chi connectivity index (χ1) is 17.2. The van der Waals surface area contributed by atoms with Crippen molar-refractivity contribution >= 4 is 46.6 Å². The Kier molecular flexibility index (Phi) is 8.39. The van der Waals surface area contributed by atoms with E-state index in [1.165, 1.54) is 42.5 Å². The number of benzene rings is 3. The molecule has 0 aliphatic heterocycles. The fourth-order valence-electron chi connectivity index (χ4n) is 3.13. The van der Waals surface area contributed by atoms with Crippen LogP contribution in [0.4, 0.5) is 17.1 Å². The summed E-state index contributed by atoms with van der Waals surface area (Å²) in [5, 5.41) is 25.8. The van der Waals surface area contributed by atoms with Gasteiger partial charge in [0, 0.05) is 23.5 Å². The summed E-state index contributed by atoms with van der Waals surface area (Å²) in [4.78, 5) is 35.1. The van der Waals surface area contributed by atoms with Crippen molar-refractivity contribution in [1.82, 2.24) is 0 Å². The molecular weight excluding hydrogens is 484 g/mol. The van der Waals surface area contributed by atoms with Crippen LogP contribution in [0.1, 0.15) is 16.7 Å². The van der Waals surface area contributed by atoms with Crippen molar-refractivity contribution in [1.29, 1.82) is 5.26 Å². The van der Waals surface area contributed by atoms with Crippen molar-refractivity contribution in [3.8, 4) is 11.8 Å². The van der Waals surface area contributed by atoms with E-state index in [-0.39, 0.29) is 40.2 Å². The number of nitrogens with zero attached hydrogens (tertiary/aromatic N) is 2. The van der Waals surface area contributed by atoms with Crippen LogP contribution in [0, 0.1) is 35.3 Å². The van der Waals surface area contributed by atoms with E-state index in [0.29, 0.717) is 11.3 Å². The molecule has 0 saturated carbocycles. The van der Waals surface area contributed by atoms with Crippen LogP contribution in [-0.4, -0.2) is 23.3 Å². The highest BCUT2D eigenvalue weighted by Gasteiger charge is 2.13. The van der Waals surface area contributed by atoms with E-state index in [4.69, 9.17) is 16.3 Å². The highest BCUT2D eigenvalue weighted by Crippen LogP contribution is 2.27. The molecule has 2 amide bonds. The van der Waals surface area contributed by atoms with Crippen molar-refractivity contribution in [2.75, 3.05) is 17.2 Å². The third-order valence-corrected chi connectivity index (χ3v) is 5.27. The average molecular weight is 505 g/mol. The van der Waals surface area contributed by atoms with E-state index in [0.717, 1.165) is 11.1 Å². The molecule has 0 fully saturated rings. The van der Waals surface area contributed by atoms with Crippen LogP contribution in [-0.2, 0) is 9.59 Å². The van der Waals surface area contributed by atoms with Crippen LogP contribution < -0.4 is 15.4 Å². The van der Waals surface area contributed by atoms with Crippen molar-refractivity contribution < 1.29 is 19.2 Å². The lowest BCUT2D eigenvalue weighted by atomic mass is 10.1. The van der Waals surface area contributed by atoms with Gasteiger partial charge in [-0.15, -0.1) is 0 Å². The normalized spacial score (nSPS) is 10.8. The SMILES string of the molecule is Cc1ccc(C)c(NC(=O)COc2ccc(/C=C(/C#N)C(=O)Nc3cccc([N+](=O)[O-])c3)cc2Cl)c1. The average Bonchev–Trinajstić information content (AvgIpc) is 2.84. The lowest BCUT2D eigenvalue weighted by molar-refractivity contribution is -0.384. The number of nitro benzene ring substituents is 1. The lowest BCUT2D eigenvalue weighted by Gasteiger charge is -2.11.